The number of nitro groups is 1. The third-order valence-electron chi connectivity index (χ3n) is 3.77. The summed E-state index contributed by atoms with van der Waals surface area (Å²) < 4.78 is 13.8. The Morgan fingerprint density at radius 1 is 1.04 bits per heavy atom. The molecular formula is C17H14FN3O4. The van der Waals surface area contributed by atoms with Gasteiger partial charge in [0.2, 0.25) is 5.91 Å². The zero-order valence-electron chi connectivity index (χ0n) is 13.0. The molecule has 25 heavy (non-hydrogen) atoms. The van der Waals surface area contributed by atoms with Gasteiger partial charge in [0.05, 0.1) is 16.6 Å². The SMILES string of the molecule is O=C(Nc1ccc(NC(=O)C2CC2)cc1)c1ccc([N+](=O)[O-])cc1F. The summed E-state index contributed by atoms with van der Waals surface area (Å²) in [4.78, 5) is 33.6. The van der Waals surface area contributed by atoms with Crippen LogP contribution >= 0.6 is 0 Å². The number of hydrogen-bond donors (Lipinski definition) is 2. The van der Waals surface area contributed by atoms with E-state index in [4.69, 9.17) is 0 Å². The van der Waals surface area contributed by atoms with Crippen molar-refractivity contribution in [1.82, 2.24) is 0 Å². The zero-order chi connectivity index (χ0) is 18.0. The number of carbonyl (C=O) groups is 2. The van der Waals surface area contributed by atoms with E-state index in [1.807, 2.05) is 0 Å². The normalized spacial score (nSPS) is 13.2. The highest BCUT2D eigenvalue weighted by molar-refractivity contribution is 6.04. The fourth-order valence-electron chi connectivity index (χ4n) is 2.23. The highest BCUT2D eigenvalue weighted by atomic mass is 19.1. The first-order valence-corrected chi connectivity index (χ1v) is 7.60. The van der Waals surface area contributed by atoms with Gasteiger partial charge in [-0.3, -0.25) is 19.7 Å². The summed E-state index contributed by atoms with van der Waals surface area (Å²) in [6, 6.07) is 9.23. The van der Waals surface area contributed by atoms with E-state index in [0.29, 0.717) is 17.4 Å². The van der Waals surface area contributed by atoms with Crippen LogP contribution in [0.3, 0.4) is 0 Å². The van der Waals surface area contributed by atoms with Crippen molar-refractivity contribution in [2.45, 2.75) is 12.8 Å². The van der Waals surface area contributed by atoms with Gasteiger partial charge in [-0.25, -0.2) is 4.39 Å². The number of nitrogens with one attached hydrogen (secondary N) is 2. The molecular weight excluding hydrogens is 329 g/mol. The lowest BCUT2D eigenvalue weighted by molar-refractivity contribution is -0.385. The molecule has 2 N–H and O–H groups in total. The third kappa shape index (κ3) is 3.97. The van der Waals surface area contributed by atoms with E-state index in [1.54, 1.807) is 24.3 Å². The van der Waals surface area contributed by atoms with E-state index in [9.17, 15) is 24.1 Å². The van der Waals surface area contributed by atoms with Crippen LogP contribution < -0.4 is 10.6 Å². The lowest BCUT2D eigenvalue weighted by atomic mass is 10.1. The van der Waals surface area contributed by atoms with Crippen LogP contribution in [0.25, 0.3) is 0 Å². The number of nitro benzene ring substituents is 1. The third-order valence-corrected chi connectivity index (χ3v) is 3.77. The Morgan fingerprint density at radius 3 is 2.16 bits per heavy atom. The quantitative estimate of drug-likeness (QED) is 0.642. The molecule has 1 fully saturated rings. The van der Waals surface area contributed by atoms with Gasteiger partial charge in [-0.05, 0) is 43.2 Å². The van der Waals surface area contributed by atoms with Crippen molar-refractivity contribution in [2.24, 2.45) is 5.92 Å². The summed E-state index contributed by atoms with van der Waals surface area (Å²) in [6.07, 6.45) is 1.81. The molecule has 1 aliphatic rings. The van der Waals surface area contributed by atoms with E-state index in [-0.39, 0.29) is 17.4 Å². The maximum atomic E-state index is 13.8. The number of carbonyl (C=O) groups excluding carboxylic acids is 2. The summed E-state index contributed by atoms with van der Waals surface area (Å²) in [5, 5.41) is 15.9. The average molecular weight is 343 g/mol. The predicted molar refractivity (Wildman–Crippen MR) is 88.8 cm³/mol. The molecule has 0 aromatic heterocycles. The molecule has 1 saturated carbocycles. The van der Waals surface area contributed by atoms with E-state index < -0.39 is 22.3 Å². The monoisotopic (exact) mass is 343 g/mol. The summed E-state index contributed by atoms with van der Waals surface area (Å²) in [5.41, 5.74) is 0.296. The molecule has 2 amide bonds. The van der Waals surface area contributed by atoms with Gasteiger partial charge in [0, 0.05) is 23.4 Å². The van der Waals surface area contributed by atoms with E-state index in [0.717, 1.165) is 25.0 Å². The molecule has 2 aromatic rings. The smallest absolute Gasteiger partial charge is 0.272 e. The Bertz CT molecular complexity index is 847. The first-order valence-electron chi connectivity index (χ1n) is 7.60. The minimum Gasteiger partial charge on any atom is -0.326 e. The molecule has 2 aromatic carbocycles. The van der Waals surface area contributed by atoms with Crippen molar-refractivity contribution in [3.63, 3.8) is 0 Å². The predicted octanol–water partition coefficient (Wildman–Crippen LogP) is 3.33. The minimum atomic E-state index is -0.972. The van der Waals surface area contributed by atoms with E-state index in [1.165, 1.54) is 0 Å². The molecule has 0 radical (unpaired) electrons. The number of nitrogens with zero attached hydrogens (tertiary/aromatic N) is 1. The molecule has 1 aliphatic carbocycles. The second-order valence-electron chi connectivity index (χ2n) is 5.72. The van der Waals surface area contributed by atoms with Crippen molar-refractivity contribution < 1.29 is 18.9 Å². The number of anilines is 2. The lowest BCUT2D eigenvalue weighted by Crippen LogP contribution is -2.15. The molecule has 8 heteroatoms. The highest BCUT2D eigenvalue weighted by Gasteiger charge is 2.29. The molecule has 0 atom stereocenters. The number of hydrogen-bond acceptors (Lipinski definition) is 4. The molecule has 128 valence electrons. The van der Waals surface area contributed by atoms with Crippen LogP contribution in [0.4, 0.5) is 21.5 Å². The van der Waals surface area contributed by atoms with Crippen LogP contribution in [0.1, 0.15) is 23.2 Å². The Balaban J connectivity index is 1.66. The summed E-state index contributed by atoms with van der Waals surface area (Å²) >= 11 is 0. The first kappa shape index (κ1) is 16.6. The number of amides is 2. The zero-order valence-corrected chi connectivity index (χ0v) is 13.0. The Kier molecular flexibility index (Phi) is 4.42. The number of halogens is 1. The van der Waals surface area contributed by atoms with E-state index in [2.05, 4.69) is 10.6 Å². The molecule has 3 rings (SSSR count). The largest absolute Gasteiger partial charge is 0.326 e. The molecule has 0 aliphatic heterocycles. The maximum absolute atomic E-state index is 13.8. The topological polar surface area (TPSA) is 101 Å². The standard InChI is InChI=1S/C17H14FN3O4/c18-15-9-13(21(24)25)7-8-14(15)17(23)20-12-5-3-11(4-6-12)19-16(22)10-1-2-10/h3-10H,1-2H2,(H,19,22)(H,20,23). The van der Waals surface area contributed by atoms with Gasteiger partial charge in [-0.15, -0.1) is 0 Å². The van der Waals surface area contributed by atoms with Gasteiger partial charge in [-0.1, -0.05) is 0 Å². The maximum Gasteiger partial charge on any atom is 0.272 e. The van der Waals surface area contributed by atoms with Crippen LogP contribution in [-0.4, -0.2) is 16.7 Å². The van der Waals surface area contributed by atoms with Crippen molar-refractivity contribution >= 4 is 28.9 Å². The summed E-state index contributed by atoms with van der Waals surface area (Å²) in [7, 11) is 0. The number of benzene rings is 2. The fraction of sp³-hybridized carbons (Fsp3) is 0.176. The van der Waals surface area contributed by atoms with E-state index >= 15 is 0 Å². The van der Waals surface area contributed by atoms with Gasteiger partial charge in [0.1, 0.15) is 5.82 Å². The van der Waals surface area contributed by atoms with Gasteiger partial charge in [-0.2, -0.15) is 0 Å². The molecule has 0 heterocycles. The molecule has 7 nitrogen and oxygen atoms in total. The molecule has 0 bridgehead atoms. The van der Waals surface area contributed by atoms with Gasteiger partial charge < -0.3 is 10.6 Å². The number of non-ortho nitro benzene ring substituents is 1. The second-order valence-corrected chi connectivity index (χ2v) is 5.72. The molecule has 0 spiro atoms. The van der Waals surface area contributed by atoms with Crippen LogP contribution in [0.2, 0.25) is 0 Å². The Labute approximate surface area is 142 Å². The van der Waals surface area contributed by atoms with Crippen molar-refractivity contribution in [3.05, 3.63) is 64.0 Å². The van der Waals surface area contributed by atoms with Gasteiger partial charge in [0.25, 0.3) is 11.6 Å². The van der Waals surface area contributed by atoms with Crippen LogP contribution in [0.5, 0.6) is 0 Å². The van der Waals surface area contributed by atoms with Crippen LogP contribution in [0.15, 0.2) is 42.5 Å². The van der Waals surface area contributed by atoms with Crippen molar-refractivity contribution in [1.29, 1.82) is 0 Å². The highest BCUT2D eigenvalue weighted by Crippen LogP contribution is 2.30. The van der Waals surface area contributed by atoms with Crippen molar-refractivity contribution in [2.75, 3.05) is 10.6 Å². The number of rotatable bonds is 5. The van der Waals surface area contributed by atoms with Gasteiger partial charge in [0.15, 0.2) is 0 Å². The minimum absolute atomic E-state index is 0.0234. The average Bonchev–Trinajstić information content (AvgIpc) is 3.41. The first-order chi connectivity index (χ1) is 11.9. The van der Waals surface area contributed by atoms with Crippen LogP contribution in [0, 0.1) is 21.8 Å². The fourth-order valence-corrected chi connectivity index (χ4v) is 2.23. The molecule has 0 saturated heterocycles. The summed E-state index contributed by atoms with van der Waals surface area (Å²) in [6.45, 7) is 0. The van der Waals surface area contributed by atoms with Crippen LogP contribution in [-0.2, 0) is 4.79 Å². The lowest BCUT2D eigenvalue weighted by Gasteiger charge is -2.08. The second kappa shape index (κ2) is 6.68. The Morgan fingerprint density at radius 2 is 1.64 bits per heavy atom. The molecule has 0 unspecified atom stereocenters. The Hall–Kier alpha value is -3.29. The van der Waals surface area contributed by atoms with Gasteiger partial charge >= 0.3 is 0 Å². The van der Waals surface area contributed by atoms with Crippen molar-refractivity contribution in [3.8, 4) is 0 Å². The summed E-state index contributed by atoms with van der Waals surface area (Å²) in [5.74, 6) is -1.63.